The van der Waals surface area contributed by atoms with Gasteiger partial charge >= 0.3 is 0 Å². The first kappa shape index (κ1) is 14.9. The lowest BCUT2D eigenvalue weighted by Crippen LogP contribution is -1.98. The Morgan fingerprint density at radius 1 is 1.00 bits per heavy atom. The molecule has 0 aliphatic heterocycles. The highest BCUT2D eigenvalue weighted by molar-refractivity contribution is 5.95. The summed E-state index contributed by atoms with van der Waals surface area (Å²) in [5.74, 6) is -7.62. The monoisotopic (exact) mass is 324 g/mol. The molecule has 9 heteroatoms. The van der Waals surface area contributed by atoms with E-state index in [2.05, 4.69) is 20.2 Å². The highest BCUT2D eigenvalue weighted by Gasteiger charge is 2.21. The van der Waals surface area contributed by atoms with Crippen LogP contribution < -0.4 is 0 Å². The van der Waals surface area contributed by atoms with Gasteiger partial charge in [0, 0.05) is 5.39 Å². The molecule has 5 nitrogen and oxygen atoms in total. The fourth-order valence-corrected chi connectivity index (χ4v) is 2.10. The van der Waals surface area contributed by atoms with E-state index in [1.54, 1.807) is 25.1 Å². The first-order valence-electron chi connectivity index (χ1n) is 6.32. The van der Waals surface area contributed by atoms with Crippen molar-refractivity contribution in [1.82, 2.24) is 9.97 Å². The standard InChI is InChI=1S/C14H8F4N4O/c1-5-3-2-4-6-9(5)19-14(23)10(6)21-22-11-7(15)12(17)20-13(18)8(11)16/h2-4,19,23H,1H3. The molecule has 0 spiro atoms. The second-order valence-corrected chi connectivity index (χ2v) is 4.69. The number of fused-ring (bicyclic) bond motifs is 1. The number of hydrogen-bond donors (Lipinski definition) is 2. The number of rotatable bonds is 2. The van der Waals surface area contributed by atoms with E-state index < -0.39 is 35.1 Å². The molecule has 0 saturated heterocycles. The fraction of sp³-hybridized carbons (Fsp3) is 0.0714. The summed E-state index contributed by atoms with van der Waals surface area (Å²) in [5, 5.41) is 17.0. The third-order valence-corrected chi connectivity index (χ3v) is 3.22. The molecular weight excluding hydrogens is 316 g/mol. The molecular formula is C14H8F4N4O. The largest absolute Gasteiger partial charge is 0.493 e. The van der Waals surface area contributed by atoms with Crippen molar-refractivity contribution in [3.8, 4) is 5.88 Å². The summed E-state index contributed by atoms with van der Waals surface area (Å²) in [7, 11) is 0. The van der Waals surface area contributed by atoms with E-state index in [0.717, 1.165) is 5.56 Å². The van der Waals surface area contributed by atoms with Crippen LogP contribution in [0.25, 0.3) is 10.9 Å². The maximum Gasteiger partial charge on any atom is 0.254 e. The number of nitrogens with zero attached hydrogens (tertiary/aromatic N) is 3. The summed E-state index contributed by atoms with van der Waals surface area (Å²) >= 11 is 0. The van der Waals surface area contributed by atoms with Crippen molar-refractivity contribution in [3.05, 3.63) is 47.3 Å². The number of H-pyrrole nitrogens is 1. The highest BCUT2D eigenvalue weighted by atomic mass is 19.2. The highest BCUT2D eigenvalue weighted by Crippen LogP contribution is 2.38. The van der Waals surface area contributed by atoms with E-state index in [1.165, 1.54) is 0 Å². The number of halogens is 4. The molecule has 0 unspecified atom stereocenters. The Morgan fingerprint density at radius 2 is 1.61 bits per heavy atom. The molecule has 0 atom stereocenters. The molecule has 23 heavy (non-hydrogen) atoms. The number of aryl methyl sites for hydroxylation is 1. The molecule has 2 aromatic heterocycles. The average Bonchev–Trinajstić information content (AvgIpc) is 2.83. The van der Waals surface area contributed by atoms with E-state index in [1.807, 2.05) is 0 Å². The van der Waals surface area contributed by atoms with Crippen LogP contribution >= 0.6 is 0 Å². The van der Waals surface area contributed by atoms with Gasteiger partial charge in [-0.2, -0.15) is 22.5 Å². The summed E-state index contributed by atoms with van der Waals surface area (Å²) in [5.41, 5.74) is -0.0406. The zero-order valence-electron chi connectivity index (χ0n) is 11.5. The molecule has 0 saturated carbocycles. The minimum Gasteiger partial charge on any atom is -0.493 e. The van der Waals surface area contributed by atoms with Crippen molar-refractivity contribution < 1.29 is 22.7 Å². The molecule has 0 fully saturated rings. The Hall–Kier alpha value is -2.97. The summed E-state index contributed by atoms with van der Waals surface area (Å²) in [4.78, 5) is 5.05. The number of aromatic nitrogens is 2. The molecule has 118 valence electrons. The Kier molecular flexibility index (Phi) is 3.47. The average molecular weight is 324 g/mol. The van der Waals surface area contributed by atoms with Gasteiger partial charge in [0.05, 0.1) is 5.52 Å². The van der Waals surface area contributed by atoms with Crippen LogP contribution in [0.4, 0.5) is 28.9 Å². The van der Waals surface area contributed by atoms with Crippen molar-refractivity contribution >= 4 is 22.3 Å². The number of benzene rings is 1. The van der Waals surface area contributed by atoms with Crippen LogP contribution in [0.1, 0.15) is 5.56 Å². The number of para-hydroxylation sites is 1. The van der Waals surface area contributed by atoms with Gasteiger partial charge in [0.2, 0.25) is 17.5 Å². The van der Waals surface area contributed by atoms with Crippen LogP contribution in [0.5, 0.6) is 5.88 Å². The van der Waals surface area contributed by atoms with E-state index in [9.17, 15) is 22.7 Å². The van der Waals surface area contributed by atoms with Crippen LogP contribution in [0, 0.1) is 30.5 Å². The summed E-state index contributed by atoms with van der Waals surface area (Å²) in [6.07, 6.45) is 0. The molecule has 2 heterocycles. The first-order chi connectivity index (χ1) is 10.9. The molecule has 3 aromatic rings. The van der Waals surface area contributed by atoms with E-state index >= 15 is 0 Å². The van der Waals surface area contributed by atoms with Gasteiger partial charge in [0.15, 0.2) is 11.4 Å². The summed E-state index contributed by atoms with van der Waals surface area (Å²) < 4.78 is 53.0. The predicted octanol–water partition coefficient (Wildman–Crippen LogP) is 4.55. The maximum absolute atomic E-state index is 13.5. The fourth-order valence-electron chi connectivity index (χ4n) is 2.10. The molecule has 1 aromatic carbocycles. The number of azo groups is 1. The number of hydrogen-bond acceptors (Lipinski definition) is 4. The van der Waals surface area contributed by atoms with Crippen LogP contribution in [-0.2, 0) is 0 Å². The van der Waals surface area contributed by atoms with Crippen LogP contribution in [0.2, 0.25) is 0 Å². The number of nitrogens with one attached hydrogen (secondary N) is 1. The number of aromatic hydroxyl groups is 1. The molecule has 0 aliphatic carbocycles. The molecule has 0 aliphatic rings. The van der Waals surface area contributed by atoms with E-state index in [4.69, 9.17) is 0 Å². The zero-order chi connectivity index (χ0) is 16.7. The van der Waals surface area contributed by atoms with Gasteiger partial charge in [0.1, 0.15) is 0 Å². The SMILES string of the molecule is Cc1cccc2c(N=Nc3c(F)c(F)nc(F)c3F)c(O)[nH]c12. The lowest BCUT2D eigenvalue weighted by molar-refractivity contribution is 0.409. The Morgan fingerprint density at radius 3 is 2.26 bits per heavy atom. The lowest BCUT2D eigenvalue weighted by atomic mass is 10.1. The Bertz CT molecular complexity index is 926. The lowest BCUT2D eigenvalue weighted by Gasteiger charge is -1.99. The van der Waals surface area contributed by atoms with Crippen molar-refractivity contribution in [2.75, 3.05) is 0 Å². The van der Waals surface area contributed by atoms with Crippen LogP contribution in [-0.4, -0.2) is 15.1 Å². The second kappa shape index (κ2) is 5.34. The van der Waals surface area contributed by atoms with Crippen LogP contribution in [0.15, 0.2) is 28.4 Å². The van der Waals surface area contributed by atoms with Crippen molar-refractivity contribution in [2.24, 2.45) is 10.2 Å². The first-order valence-corrected chi connectivity index (χ1v) is 6.32. The minimum absolute atomic E-state index is 0.111. The third-order valence-electron chi connectivity index (χ3n) is 3.22. The third kappa shape index (κ3) is 2.39. The van der Waals surface area contributed by atoms with Crippen molar-refractivity contribution in [3.63, 3.8) is 0 Å². The Labute approximate surface area is 126 Å². The van der Waals surface area contributed by atoms with Gasteiger partial charge in [-0.1, -0.05) is 18.2 Å². The van der Waals surface area contributed by atoms with Gasteiger partial charge in [-0.3, -0.25) is 0 Å². The molecule has 0 amide bonds. The van der Waals surface area contributed by atoms with Crippen molar-refractivity contribution in [2.45, 2.75) is 6.92 Å². The van der Waals surface area contributed by atoms with Gasteiger partial charge < -0.3 is 10.1 Å². The maximum atomic E-state index is 13.5. The summed E-state index contributed by atoms with van der Waals surface area (Å²) in [6, 6.07) is 5.04. The quantitative estimate of drug-likeness (QED) is 0.412. The van der Waals surface area contributed by atoms with E-state index in [0.29, 0.717) is 10.9 Å². The molecule has 2 N–H and O–H groups in total. The number of pyridine rings is 1. The molecule has 0 radical (unpaired) electrons. The van der Waals surface area contributed by atoms with Gasteiger partial charge in [-0.15, -0.1) is 10.2 Å². The summed E-state index contributed by atoms with van der Waals surface area (Å²) in [6.45, 7) is 1.77. The van der Waals surface area contributed by atoms with Crippen molar-refractivity contribution in [1.29, 1.82) is 0 Å². The topological polar surface area (TPSA) is 73.6 Å². The Balaban J connectivity index is 2.16. The van der Waals surface area contributed by atoms with Gasteiger partial charge in [-0.25, -0.2) is 0 Å². The molecule has 3 rings (SSSR count). The normalized spacial score (nSPS) is 11.7. The molecule has 0 bridgehead atoms. The van der Waals surface area contributed by atoms with Crippen LogP contribution in [0.3, 0.4) is 0 Å². The second-order valence-electron chi connectivity index (χ2n) is 4.69. The van der Waals surface area contributed by atoms with Gasteiger partial charge in [-0.05, 0) is 12.5 Å². The smallest absolute Gasteiger partial charge is 0.254 e. The minimum atomic E-state index is -1.84. The van der Waals surface area contributed by atoms with E-state index in [-0.39, 0.29) is 5.69 Å². The predicted molar refractivity (Wildman–Crippen MR) is 72.9 cm³/mol. The van der Waals surface area contributed by atoms with Gasteiger partial charge in [0.25, 0.3) is 11.9 Å². The zero-order valence-corrected chi connectivity index (χ0v) is 11.5. The number of aromatic amines is 1.